The van der Waals surface area contributed by atoms with Gasteiger partial charge < -0.3 is 15.3 Å². The number of carbonyl (C=O) groups excluding carboxylic acids is 3. The van der Waals surface area contributed by atoms with Crippen LogP contribution in [0.25, 0.3) is 0 Å². The molecular formula is C42H45EuF21O6. The molecule has 6 aliphatic carbocycles. The molecule has 0 spiro atoms. The molecule has 0 heterocycles. The molecule has 6 rings (SSSR count). The zero-order chi connectivity index (χ0) is 54.7. The van der Waals surface area contributed by atoms with Crippen molar-refractivity contribution in [2.45, 2.75) is 155 Å². The van der Waals surface area contributed by atoms with E-state index < -0.39 is 156 Å². The number of alkyl halides is 21. The van der Waals surface area contributed by atoms with Crippen molar-refractivity contribution in [3.05, 3.63) is 34.0 Å². The number of rotatable bonds is 6. The number of Topliss-reactive ketones (excluding diaryl/α,β-unsaturated/α-hetero) is 3. The van der Waals surface area contributed by atoms with Crippen LogP contribution in [-0.4, -0.2) is 86.7 Å². The molecule has 0 amide bonds. The van der Waals surface area contributed by atoms with Crippen molar-refractivity contribution < 1.29 is 171 Å². The normalized spacial score (nSPS) is 32.8. The smallest absolute Gasteiger partial charge is 0.460 e. The maximum Gasteiger partial charge on any atom is 0.460 e. The van der Waals surface area contributed by atoms with Crippen molar-refractivity contribution in [2.75, 3.05) is 0 Å². The summed E-state index contributed by atoms with van der Waals surface area (Å²) in [7, 11) is 0. The molecule has 403 valence electrons. The van der Waals surface area contributed by atoms with Gasteiger partial charge in [0.05, 0.1) is 0 Å². The summed E-state index contributed by atoms with van der Waals surface area (Å²) < 4.78 is 271. The Bertz CT molecular complexity index is 2020. The van der Waals surface area contributed by atoms with E-state index in [2.05, 4.69) is 0 Å². The molecule has 0 saturated heterocycles. The van der Waals surface area contributed by atoms with E-state index in [0.29, 0.717) is 19.3 Å². The van der Waals surface area contributed by atoms with Crippen LogP contribution in [0.1, 0.15) is 101 Å². The summed E-state index contributed by atoms with van der Waals surface area (Å²) in [5, 5.41) is 28.6. The Morgan fingerprint density at radius 2 is 0.529 bits per heavy atom. The van der Waals surface area contributed by atoms with Crippen molar-refractivity contribution in [1.82, 2.24) is 0 Å². The molecule has 6 aliphatic rings. The summed E-state index contributed by atoms with van der Waals surface area (Å²) >= 11 is 0. The average Bonchev–Trinajstić information content (AvgIpc) is 3.79. The van der Waals surface area contributed by atoms with E-state index >= 15 is 0 Å². The number of aliphatic hydroxyl groups excluding tert-OH is 3. The number of fused-ring (bicyclic) bond motifs is 6. The van der Waals surface area contributed by atoms with Gasteiger partial charge in [0.15, 0.2) is 34.6 Å². The molecule has 6 atom stereocenters. The van der Waals surface area contributed by atoms with Gasteiger partial charge in [-0.25, -0.2) is 0 Å². The quantitative estimate of drug-likeness (QED) is 0.139. The molecule has 6 bridgehead atoms. The van der Waals surface area contributed by atoms with E-state index in [9.17, 15) is 122 Å². The Balaban J connectivity index is 0.000000276. The number of carbonyl (C=O) groups is 3. The molecule has 0 aromatic carbocycles. The Kier molecular flexibility index (Phi) is 15.2. The molecule has 6 fully saturated rings. The van der Waals surface area contributed by atoms with Crippen LogP contribution in [0.2, 0.25) is 0 Å². The Labute approximate surface area is 425 Å². The number of ketones is 3. The van der Waals surface area contributed by atoms with Gasteiger partial charge in [0.25, 0.3) is 0 Å². The van der Waals surface area contributed by atoms with Gasteiger partial charge >= 0.3 is 54.1 Å². The maximum atomic E-state index is 13.7. The third kappa shape index (κ3) is 7.90. The third-order valence-corrected chi connectivity index (χ3v) is 16.9. The molecule has 6 saturated carbocycles. The number of hydrogen-bond acceptors (Lipinski definition) is 6. The first-order valence-electron chi connectivity index (χ1n) is 20.5. The first kappa shape index (κ1) is 62.0. The van der Waals surface area contributed by atoms with Gasteiger partial charge in [-0.15, -0.1) is 0 Å². The second-order valence-corrected chi connectivity index (χ2v) is 20.6. The second-order valence-electron chi connectivity index (χ2n) is 20.6. The van der Waals surface area contributed by atoms with Crippen LogP contribution >= 0.6 is 0 Å². The molecule has 3 N–H and O–H groups in total. The van der Waals surface area contributed by atoms with Crippen LogP contribution in [0.5, 0.6) is 0 Å². The van der Waals surface area contributed by atoms with Crippen LogP contribution in [0, 0.1) is 99.6 Å². The largest absolute Gasteiger partial charge is 0.506 e. The number of halogens is 21. The summed E-state index contributed by atoms with van der Waals surface area (Å²) in [5.74, 6) is -50.5. The Morgan fingerprint density at radius 1 is 0.371 bits per heavy atom. The summed E-state index contributed by atoms with van der Waals surface area (Å²) in [6.07, 6.45) is -18.3. The Morgan fingerprint density at radius 3 is 0.643 bits per heavy atom. The predicted octanol–water partition coefficient (Wildman–Crippen LogP) is 14.0. The summed E-state index contributed by atoms with van der Waals surface area (Å²) in [6, 6.07) is 0. The van der Waals surface area contributed by atoms with Gasteiger partial charge in [-0.3, -0.25) is 14.4 Å². The number of aliphatic hydroxyl groups is 3. The minimum absolute atomic E-state index is 0. The minimum Gasteiger partial charge on any atom is -0.506 e. The molecule has 0 aliphatic heterocycles. The first-order chi connectivity index (χ1) is 30.1. The number of allylic oxidation sites excluding steroid dienone is 6. The summed E-state index contributed by atoms with van der Waals surface area (Å²) in [6.45, 7) is 13.6. The van der Waals surface area contributed by atoms with Gasteiger partial charge in [0.1, 0.15) is 0 Å². The monoisotopic (exact) mass is 1200 g/mol. The summed E-state index contributed by atoms with van der Waals surface area (Å²) in [4.78, 5) is 36.9. The van der Waals surface area contributed by atoms with Crippen LogP contribution in [0.15, 0.2) is 34.0 Å². The van der Waals surface area contributed by atoms with E-state index in [0.717, 1.165) is 0 Å². The zero-order valence-electron chi connectivity index (χ0n) is 37.9. The van der Waals surface area contributed by atoms with Crippen LogP contribution < -0.4 is 0 Å². The number of hydrogen-bond donors (Lipinski definition) is 3. The molecule has 1 radical (unpaired) electrons. The Hall–Kier alpha value is -2.26. The fraction of sp³-hybridized carbons (Fsp3) is 0.786. The minimum atomic E-state index is -6.56. The van der Waals surface area contributed by atoms with Gasteiger partial charge in [-0.05, 0) is 72.5 Å². The fourth-order valence-corrected chi connectivity index (χ4v) is 10.9. The molecule has 28 heteroatoms. The van der Waals surface area contributed by atoms with Gasteiger partial charge in [-0.1, -0.05) is 62.3 Å². The average molecular weight is 1200 g/mol. The molecule has 6 nitrogen and oxygen atoms in total. The van der Waals surface area contributed by atoms with E-state index in [4.69, 9.17) is 0 Å². The maximum absolute atomic E-state index is 13.7. The van der Waals surface area contributed by atoms with Crippen molar-refractivity contribution in [1.29, 1.82) is 0 Å². The van der Waals surface area contributed by atoms with Gasteiger partial charge in [0, 0.05) is 82.3 Å². The second kappa shape index (κ2) is 17.1. The van der Waals surface area contributed by atoms with Crippen molar-refractivity contribution in [3.8, 4) is 0 Å². The first-order valence-corrected chi connectivity index (χ1v) is 20.5. The predicted molar refractivity (Wildman–Crippen MR) is 196 cm³/mol. The van der Waals surface area contributed by atoms with Crippen LogP contribution in [0.3, 0.4) is 0 Å². The van der Waals surface area contributed by atoms with E-state index in [1.807, 2.05) is 0 Å². The van der Waals surface area contributed by atoms with Gasteiger partial charge in [-0.2, -0.15) is 92.2 Å². The van der Waals surface area contributed by atoms with Crippen LogP contribution in [-0.2, 0) is 14.4 Å². The van der Waals surface area contributed by atoms with Gasteiger partial charge in [0.2, 0.25) is 0 Å². The van der Waals surface area contributed by atoms with Crippen molar-refractivity contribution in [2.24, 2.45) is 50.2 Å². The van der Waals surface area contributed by atoms with E-state index in [1.165, 1.54) is 20.8 Å². The fourth-order valence-electron chi connectivity index (χ4n) is 10.9. The van der Waals surface area contributed by atoms with Crippen molar-refractivity contribution in [3.63, 3.8) is 0 Å². The topological polar surface area (TPSA) is 112 Å². The third-order valence-electron chi connectivity index (χ3n) is 16.9. The SMILES string of the molecule is CC12CCC(/C(=C(/O)C(F)(F)C(F)(F)C(F)(F)F)C1=O)C2(C)C.CC12CCC(/C(=C(/O)C(F)(F)C(F)(F)C(F)(F)F)C1=O)C2(C)C.CC12CCC(/C(=C(\O)C(F)(F)C(F)(F)C(F)(F)F)C1=O)C2(C)C.[Eu]. The molecule has 6 unspecified atom stereocenters. The zero-order valence-corrected chi connectivity index (χ0v) is 40.3. The molecular weight excluding hydrogens is 1150 g/mol. The molecule has 0 aromatic rings. The molecule has 70 heavy (non-hydrogen) atoms. The summed E-state index contributed by atoms with van der Waals surface area (Å²) in [5.41, 5.74) is -9.29. The van der Waals surface area contributed by atoms with E-state index in [-0.39, 0.29) is 68.6 Å². The van der Waals surface area contributed by atoms with E-state index in [1.54, 1.807) is 41.5 Å². The van der Waals surface area contributed by atoms with Crippen molar-refractivity contribution >= 4 is 17.3 Å². The standard InChI is InChI=1S/3C14H15F7O2.Eu/c3*1-10(2)6-4-5-11(10,3)8(22)7(6)9(23)12(15,16)13(17,18)14(19,20)21;/h3*6,23H,4-5H2,1-3H3;/b9-7+;2*9-7-;. The van der Waals surface area contributed by atoms with Crippen LogP contribution in [0.4, 0.5) is 92.2 Å². The molecule has 0 aromatic heterocycles.